The Morgan fingerprint density at radius 1 is 1.18 bits per heavy atom. The fraction of sp³-hybridized carbons (Fsp3) is 0.579. The largest absolute Gasteiger partial charge is 0.349 e. The summed E-state index contributed by atoms with van der Waals surface area (Å²) in [5, 5.41) is 3.16. The summed E-state index contributed by atoms with van der Waals surface area (Å²) in [6.07, 6.45) is 4.61. The Morgan fingerprint density at radius 3 is 2.45 bits per heavy atom. The number of carbonyl (C=O) groups is 2. The molecule has 1 amide bonds. The first-order valence-electron chi connectivity index (χ1n) is 8.46. The van der Waals surface area contributed by atoms with Gasteiger partial charge < -0.3 is 5.32 Å². The summed E-state index contributed by atoms with van der Waals surface area (Å²) in [6, 6.07) is 8.18. The van der Waals surface area contributed by atoms with Crippen LogP contribution in [0, 0.1) is 24.7 Å². The van der Waals surface area contributed by atoms with E-state index in [-0.39, 0.29) is 29.7 Å². The van der Waals surface area contributed by atoms with Gasteiger partial charge in [-0.25, -0.2) is 0 Å². The normalized spacial score (nSPS) is 29.0. The third-order valence-electron chi connectivity index (χ3n) is 5.43. The highest BCUT2D eigenvalue weighted by Gasteiger charge is 2.41. The zero-order valence-electron chi connectivity index (χ0n) is 13.5. The van der Waals surface area contributed by atoms with Gasteiger partial charge in [-0.15, -0.1) is 0 Å². The van der Waals surface area contributed by atoms with Crippen LogP contribution in [-0.2, 0) is 9.59 Å². The van der Waals surface area contributed by atoms with Gasteiger partial charge in [0.25, 0.3) is 0 Å². The molecule has 0 heterocycles. The van der Waals surface area contributed by atoms with E-state index in [4.69, 9.17) is 0 Å². The van der Waals surface area contributed by atoms with Gasteiger partial charge in [0, 0.05) is 17.8 Å². The number of rotatable bonds is 3. The quantitative estimate of drug-likeness (QED) is 0.927. The minimum Gasteiger partial charge on any atom is -0.349 e. The molecule has 2 bridgehead atoms. The number of aryl methyl sites for hydroxylation is 1. The molecule has 1 aromatic rings. The van der Waals surface area contributed by atoms with Gasteiger partial charge in [0.2, 0.25) is 5.91 Å². The van der Waals surface area contributed by atoms with Crippen molar-refractivity contribution in [2.45, 2.75) is 52.0 Å². The first-order chi connectivity index (χ1) is 10.6. The topological polar surface area (TPSA) is 46.2 Å². The van der Waals surface area contributed by atoms with Crippen LogP contribution in [0.2, 0.25) is 0 Å². The van der Waals surface area contributed by atoms with Crippen molar-refractivity contribution < 1.29 is 9.59 Å². The average molecular weight is 299 g/mol. The van der Waals surface area contributed by atoms with Gasteiger partial charge >= 0.3 is 0 Å². The van der Waals surface area contributed by atoms with Crippen molar-refractivity contribution >= 4 is 11.7 Å². The van der Waals surface area contributed by atoms with Gasteiger partial charge in [0.15, 0.2) is 0 Å². The molecule has 3 heteroatoms. The van der Waals surface area contributed by atoms with Crippen LogP contribution in [-0.4, -0.2) is 11.7 Å². The maximum atomic E-state index is 12.6. The van der Waals surface area contributed by atoms with E-state index in [2.05, 4.69) is 24.4 Å². The van der Waals surface area contributed by atoms with Crippen LogP contribution in [0.4, 0.5) is 0 Å². The van der Waals surface area contributed by atoms with Crippen molar-refractivity contribution in [3.63, 3.8) is 0 Å². The van der Waals surface area contributed by atoms with Crippen molar-refractivity contribution in [1.82, 2.24) is 5.32 Å². The summed E-state index contributed by atoms with van der Waals surface area (Å²) in [5.41, 5.74) is 2.37. The van der Waals surface area contributed by atoms with Gasteiger partial charge in [-0.05, 0) is 50.7 Å². The summed E-state index contributed by atoms with van der Waals surface area (Å²) in [4.78, 5) is 24.7. The number of ketones is 1. The van der Waals surface area contributed by atoms with Crippen LogP contribution in [0.25, 0.3) is 0 Å². The molecule has 0 spiro atoms. The van der Waals surface area contributed by atoms with Crippen molar-refractivity contribution in [1.29, 1.82) is 0 Å². The van der Waals surface area contributed by atoms with E-state index in [1.165, 1.54) is 11.1 Å². The molecule has 2 aliphatic rings. The Balaban J connectivity index is 1.65. The van der Waals surface area contributed by atoms with Crippen LogP contribution >= 0.6 is 0 Å². The lowest BCUT2D eigenvalue weighted by atomic mass is 9.67. The predicted octanol–water partition coefficient (Wildman–Crippen LogP) is 3.57. The molecule has 2 fully saturated rings. The van der Waals surface area contributed by atoms with Gasteiger partial charge in [-0.2, -0.15) is 0 Å². The fourth-order valence-corrected chi connectivity index (χ4v) is 4.18. The molecule has 0 aliphatic heterocycles. The third-order valence-corrected chi connectivity index (χ3v) is 5.43. The zero-order valence-corrected chi connectivity index (χ0v) is 13.5. The Hall–Kier alpha value is -1.64. The van der Waals surface area contributed by atoms with E-state index in [1.54, 1.807) is 0 Å². The smallest absolute Gasteiger partial charge is 0.223 e. The minimum atomic E-state index is 0.0134. The van der Waals surface area contributed by atoms with Gasteiger partial charge in [-0.3, -0.25) is 9.59 Å². The predicted molar refractivity (Wildman–Crippen MR) is 86.3 cm³/mol. The molecule has 1 aromatic carbocycles. The molecule has 0 saturated heterocycles. The van der Waals surface area contributed by atoms with Crippen molar-refractivity contribution in [3.05, 3.63) is 35.4 Å². The standard InChI is InChI=1S/C19H25NO2/c1-12-6-3-4-9-17(12)13(2)20-19(22)16-10-14-7-5-8-15(11-16)18(14)21/h3-4,6,9,13-16H,5,7-8,10-11H2,1-2H3,(H,20,22)/t13-,14-,15+,16?/m1/s1. The summed E-state index contributed by atoms with van der Waals surface area (Å²) in [7, 11) is 0. The minimum absolute atomic E-state index is 0.0134. The number of hydrogen-bond donors (Lipinski definition) is 1. The number of benzene rings is 1. The number of fused-ring (bicyclic) bond motifs is 2. The molecule has 2 saturated carbocycles. The highest BCUT2D eigenvalue weighted by molar-refractivity contribution is 5.88. The van der Waals surface area contributed by atoms with Crippen LogP contribution in [0.5, 0.6) is 0 Å². The molecule has 2 aliphatic carbocycles. The summed E-state index contributed by atoms with van der Waals surface area (Å²) in [6.45, 7) is 4.11. The molecule has 22 heavy (non-hydrogen) atoms. The highest BCUT2D eigenvalue weighted by Crippen LogP contribution is 2.40. The van der Waals surface area contributed by atoms with E-state index in [9.17, 15) is 9.59 Å². The van der Waals surface area contributed by atoms with Crippen molar-refractivity contribution in [3.8, 4) is 0 Å². The third kappa shape index (κ3) is 2.94. The summed E-state index contributed by atoms with van der Waals surface area (Å²) >= 11 is 0. The van der Waals surface area contributed by atoms with Crippen molar-refractivity contribution in [2.24, 2.45) is 17.8 Å². The van der Waals surface area contributed by atoms with E-state index in [0.717, 1.165) is 32.1 Å². The maximum absolute atomic E-state index is 12.6. The first kappa shape index (κ1) is 15.3. The lowest BCUT2D eigenvalue weighted by molar-refractivity contribution is -0.137. The second-order valence-corrected chi connectivity index (χ2v) is 6.98. The number of amides is 1. The van der Waals surface area contributed by atoms with Crippen LogP contribution in [0.15, 0.2) is 24.3 Å². The van der Waals surface area contributed by atoms with Gasteiger partial charge in [0.1, 0.15) is 5.78 Å². The molecule has 3 rings (SSSR count). The van der Waals surface area contributed by atoms with E-state index < -0.39 is 0 Å². The lowest BCUT2D eigenvalue weighted by Crippen LogP contribution is -2.43. The average Bonchev–Trinajstić information content (AvgIpc) is 2.47. The highest BCUT2D eigenvalue weighted by atomic mass is 16.2. The number of nitrogens with one attached hydrogen (secondary N) is 1. The van der Waals surface area contributed by atoms with Crippen LogP contribution in [0.1, 0.15) is 56.2 Å². The Morgan fingerprint density at radius 2 is 1.82 bits per heavy atom. The summed E-state index contributed by atoms with van der Waals surface area (Å²) in [5.74, 6) is 0.830. The zero-order chi connectivity index (χ0) is 15.7. The van der Waals surface area contributed by atoms with E-state index in [0.29, 0.717) is 5.78 Å². The van der Waals surface area contributed by atoms with Crippen LogP contribution < -0.4 is 5.32 Å². The molecule has 1 N–H and O–H groups in total. The first-order valence-corrected chi connectivity index (χ1v) is 8.46. The molecule has 118 valence electrons. The monoisotopic (exact) mass is 299 g/mol. The Bertz CT molecular complexity index is 565. The lowest BCUT2D eigenvalue weighted by Gasteiger charge is -2.37. The fourth-order valence-electron chi connectivity index (χ4n) is 4.18. The molecule has 0 radical (unpaired) electrons. The van der Waals surface area contributed by atoms with Crippen LogP contribution in [0.3, 0.4) is 0 Å². The molecular formula is C19H25NO2. The second-order valence-electron chi connectivity index (χ2n) is 6.98. The van der Waals surface area contributed by atoms with Gasteiger partial charge in [-0.1, -0.05) is 30.7 Å². The van der Waals surface area contributed by atoms with E-state index >= 15 is 0 Å². The van der Waals surface area contributed by atoms with Crippen molar-refractivity contribution in [2.75, 3.05) is 0 Å². The SMILES string of the molecule is Cc1ccccc1[C@@H](C)NC(=O)C1C[C@H]2CCC[C@@H](C1)C2=O. The van der Waals surface area contributed by atoms with Gasteiger partial charge in [0.05, 0.1) is 6.04 Å². The second kappa shape index (κ2) is 6.23. The maximum Gasteiger partial charge on any atom is 0.223 e. The van der Waals surface area contributed by atoms with E-state index in [1.807, 2.05) is 19.1 Å². The Kier molecular flexibility index (Phi) is 4.32. The Labute approximate surface area is 132 Å². The molecule has 3 nitrogen and oxygen atoms in total. The number of carbonyl (C=O) groups excluding carboxylic acids is 2. The molecule has 0 aromatic heterocycles. The molecular weight excluding hydrogens is 274 g/mol. The summed E-state index contributed by atoms with van der Waals surface area (Å²) < 4.78 is 0. The molecule has 1 unspecified atom stereocenters. The number of hydrogen-bond acceptors (Lipinski definition) is 2. The number of Topliss-reactive ketones (excluding diaryl/α,β-unsaturated/α-hetero) is 1. The molecule has 4 atom stereocenters.